The van der Waals surface area contributed by atoms with Crippen LogP contribution in [0.2, 0.25) is 0 Å². The van der Waals surface area contributed by atoms with Crippen molar-refractivity contribution in [3.63, 3.8) is 0 Å². The highest BCUT2D eigenvalue weighted by molar-refractivity contribution is 4.96. The van der Waals surface area contributed by atoms with Crippen molar-refractivity contribution in [2.75, 3.05) is 19.6 Å². The highest BCUT2D eigenvalue weighted by Gasteiger charge is 2.25. The zero-order chi connectivity index (χ0) is 12.1. The number of rotatable bonds is 6. The molecule has 1 aliphatic heterocycles. The highest BCUT2D eigenvalue weighted by atomic mass is 15.1. The molecule has 0 aromatic carbocycles. The molecule has 1 saturated carbocycles. The fourth-order valence-electron chi connectivity index (χ4n) is 2.65. The molecule has 1 aliphatic carbocycles. The summed E-state index contributed by atoms with van der Waals surface area (Å²) in [4.78, 5) is 2.53. The van der Waals surface area contributed by atoms with Crippen LogP contribution in [0, 0.1) is 17.2 Å². The van der Waals surface area contributed by atoms with Gasteiger partial charge in [-0.05, 0) is 51.1 Å². The molecule has 3 heteroatoms. The lowest BCUT2D eigenvalue weighted by atomic mass is 9.94. The molecule has 1 atom stereocenters. The lowest BCUT2D eigenvalue weighted by molar-refractivity contribution is 0.177. The minimum atomic E-state index is 0.0754. The molecule has 96 valence electrons. The van der Waals surface area contributed by atoms with Gasteiger partial charge in [0.2, 0.25) is 0 Å². The molecule has 2 rings (SSSR count). The summed E-state index contributed by atoms with van der Waals surface area (Å²) in [5.41, 5.74) is 0. The van der Waals surface area contributed by atoms with Gasteiger partial charge in [-0.2, -0.15) is 5.26 Å². The van der Waals surface area contributed by atoms with Crippen molar-refractivity contribution in [1.82, 2.24) is 10.2 Å². The van der Waals surface area contributed by atoms with Gasteiger partial charge >= 0.3 is 0 Å². The summed E-state index contributed by atoms with van der Waals surface area (Å²) in [6.45, 7) is 5.86. The Morgan fingerprint density at radius 1 is 1.29 bits per heavy atom. The van der Waals surface area contributed by atoms with Crippen LogP contribution in [0.4, 0.5) is 0 Å². The molecule has 0 bridgehead atoms. The quantitative estimate of drug-likeness (QED) is 0.766. The van der Waals surface area contributed by atoms with E-state index >= 15 is 0 Å². The Hall–Kier alpha value is -0.590. The van der Waals surface area contributed by atoms with Crippen LogP contribution in [0.25, 0.3) is 0 Å². The van der Waals surface area contributed by atoms with Crippen LogP contribution in [-0.2, 0) is 0 Å². The standard InChI is InChI=1S/C14H25N3/c1-2-12-5-8-17(9-6-12)10-7-14(11-15)16-13-3-4-13/h12-14,16H,2-10H2,1H3. The van der Waals surface area contributed by atoms with Crippen LogP contribution < -0.4 is 5.32 Å². The first kappa shape index (κ1) is 12.9. The summed E-state index contributed by atoms with van der Waals surface area (Å²) in [6.07, 6.45) is 7.55. The maximum absolute atomic E-state index is 9.08. The first-order chi connectivity index (χ1) is 8.31. The van der Waals surface area contributed by atoms with Gasteiger partial charge in [-0.1, -0.05) is 13.3 Å². The molecule has 0 radical (unpaired) electrons. The second kappa shape index (κ2) is 6.37. The minimum Gasteiger partial charge on any atom is -0.303 e. The number of piperidine rings is 1. The fraction of sp³-hybridized carbons (Fsp3) is 0.929. The molecule has 0 aromatic heterocycles. The molecule has 0 spiro atoms. The summed E-state index contributed by atoms with van der Waals surface area (Å²) in [7, 11) is 0. The molecular formula is C14H25N3. The number of likely N-dealkylation sites (tertiary alicyclic amines) is 1. The molecule has 1 saturated heterocycles. The van der Waals surface area contributed by atoms with E-state index < -0.39 is 0 Å². The normalized spacial score (nSPS) is 24.5. The van der Waals surface area contributed by atoms with E-state index in [4.69, 9.17) is 5.26 Å². The first-order valence-electron chi connectivity index (χ1n) is 7.19. The van der Waals surface area contributed by atoms with Gasteiger partial charge in [-0.3, -0.25) is 5.32 Å². The topological polar surface area (TPSA) is 39.1 Å². The minimum absolute atomic E-state index is 0.0754. The van der Waals surface area contributed by atoms with Crippen LogP contribution in [0.5, 0.6) is 0 Å². The Bertz CT molecular complexity index is 259. The monoisotopic (exact) mass is 235 g/mol. The molecule has 3 nitrogen and oxygen atoms in total. The number of nitrogens with one attached hydrogen (secondary N) is 1. The second-order valence-electron chi connectivity index (χ2n) is 5.60. The van der Waals surface area contributed by atoms with E-state index in [9.17, 15) is 0 Å². The lowest BCUT2D eigenvalue weighted by Crippen LogP contribution is -2.38. The predicted molar refractivity (Wildman–Crippen MR) is 69.6 cm³/mol. The molecule has 2 aliphatic rings. The maximum Gasteiger partial charge on any atom is 0.0967 e. The molecular weight excluding hydrogens is 210 g/mol. The number of hydrogen-bond donors (Lipinski definition) is 1. The van der Waals surface area contributed by atoms with Crippen molar-refractivity contribution in [3.05, 3.63) is 0 Å². The third kappa shape index (κ3) is 4.29. The van der Waals surface area contributed by atoms with Crippen molar-refractivity contribution in [3.8, 4) is 6.07 Å². The predicted octanol–water partition coefficient (Wildman–Crippen LogP) is 2.14. The molecule has 1 unspecified atom stereocenters. The van der Waals surface area contributed by atoms with E-state index in [2.05, 4.69) is 23.2 Å². The van der Waals surface area contributed by atoms with Gasteiger partial charge in [0.15, 0.2) is 0 Å². The van der Waals surface area contributed by atoms with Crippen molar-refractivity contribution >= 4 is 0 Å². The fourth-order valence-corrected chi connectivity index (χ4v) is 2.65. The van der Waals surface area contributed by atoms with Crippen molar-refractivity contribution in [1.29, 1.82) is 5.26 Å². The van der Waals surface area contributed by atoms with Crippen molar-refractivity contribution in [2.45, 2.75) is 57.5 Å². The zero-order valence-electron chi connectivity index (χ0n) is 11.0. The molecule has 1 heterocycles. The Labute approximate surface area is 105 Å². The molecule has 2 fully saturated rings. The molecule has 0 aromatic rings. The summed E-state index contributed by atoms with van der Waals surface area (Å²) in [5.74, 6) is 0.947. The zero-order valence-corrected chi connectivity index (χ0v) is 11.0. The van der Waals surface area contributed by atoms with E-state index in [0.29, 0.717) is 6.04 Å². The average Bonchev–Trinajstić information content (AvgIpc) is 3.19. The molecule has 0 amide bonds. The molecule has 17 heavy (non-hydrogen) atoms. The van der Waals surface area contributed by atoms with Crippen LogP contribution in [-0.4, -0.2) is 36.6 Å². The Kier molecular flexibility index (Phi) is 4.82. The van der Waals surface area contributed by atoms with E-state index in [1.165, 1.54) is 45.2 Å². The number of hydrogen-bond acceptors (Lipinski definition) is 3. The molecule has 1 N–H and O–H groups in total. The summed E-state index contributed by atoms with van der Waals surface area (Å²) < 4.78 is 0. The van der Waals surface area contributed by atoms with Crippen molar-refractivity contribution in [2.24, 2.45) is 5.92 Å². The van der Waals surface area contributed by atoms with E-state index in [-0.39, 0.29) is 6.04 Å². The van der Waals surface area contributed by atoms with Gasteiger partial charge in [0.05, 0.1) is 12.1 Å². The summed E-state index contributed by atoms with van der Waals surface area (Å²) >= 11 is 0. The second-order valence-corrected chi connectivity index (χ2v) is 5.60. The average molecular weight is 235 g/mol. The van der Waals surface area contributed by atoms with E-state index in [1.807, 2.05) is 0 Å². The number of nitriles is 1. The maximum atomic E-state index is 9.08. The Morgan fingerprint density at radius 3 is 2.53 bits per heavy atom. The number of nitrogens with zero attached hydrogens (tertiary/aromatic N) is 2. The van der Waals surface area contributed by atoms with Gasteiger partial charge in [0.1, 0.15) is 0 Å². The van der Waals surface area contributed by atoms with Crippen LogP contribution in [0.15, 0.2) is 0 Å². The van der Waals surface area contributed by atoms with E-state index in [1.54, 1.807) is 0 Å². The third-order valence-electron chi connectivity index (χ3n) is 4.19. The third-order valence-corrected chi connectivity index (χ3v) is 4.19. The first-order valence-corrected chi connectivity index (χ1v) is 7.19. The van der Waals surface area contributed by atoms with Crippen molar-refractivity contribution < 1.29 is 0 Å². The Morgan fingerprint density at radius 2 is 2.00 bits per heavy atom. The van der Waals surface area contributed by atoms with Gasteiger partial charge in [-0.15, -0.1) is 0 Å². The SMILES string of the molecule is CCC1CCN(CCC(C#N)NC2CC2)CC1. The smallest absolute Gasteiger partial charge is 0.0967 e. The van der Waals surface area contributed by atoms with Crippen LogP contribution in [0.1, 0.15) is 45.4 Å². The lowest BCUT2D eigenvalue weighted by Gasteiger charge is -2.31. The van der Waals surface area contributed by atoms with Gasteiger partial charge < -0.3 is 4.90 Å². The van der Waals surface area contributed by atoms with Gasteiger partial charge in [-0.25, -0.2) is 0 Å². The van der Waals surface area contributed by atoms with Gasteiger partial charge in [0.25, 0.3) is 0 Å². The summed E-state index contributed by atoms with van der Waals surface area (Å²) in [6, 6.07) is 3.11. The van der Waals surface area contributed by atoms with Crippen LogP contribution >= 0.6 is 0 Å². The van der Waals surface area contributed by atoms with Crippen LogP contribution in [0.3, 0.4) is 0 Å². The summed E-state index contributed by atoms with van der Waals surface area (Å²) in [5, 5.41) is 12.5. The largest absolute Gasteiger partial charge is 0.303 e. The Balaban J connectivity index is 1.62. The highest BCUT2D eigenvalue weighted by Crippen LogP contribution is 2.21. The van der Waals surface area contributed by atoms with E-state index in [0.717, 1.165) is 18.9 Å². The van der Waals surface area contributed by atoms with Gasteiger partial charge in [0, 0.05) is 12.6 Å².